The predicted octanol–water partition coefficient (Wildman–Crippen LogP) is 5.09. The predicted molar refractivity (Wildman–Crippen MR) is 79.9 cm³/mol. The smallest absolute Gasteiger partial charge is 0.0326 e. The van der Waals surface area contributed by atoms with E-state index in [9.17, 15) is 0 Å². The van der Waals surface area contributed by atoms with Crippen LogP contribution in [0.2, 0.25) is 0 Å². The van der Waals surface area contributed by atoms with Crippen LogP contribution in [0.5, 0.6) is 0 Å². The zero-order valence-electron chi connectivity index (χ0n) is 10.5. The molecule has 0 fully saturated rings. The number of hydrogen-bond acceptors (Lipinski definition) is 0. The lowest BCUT2D eigenvalue weighted by Crippen LogP contribution is -1.72. The van der Waals surface area contributed by atoms with Gasteiger partial charge in [-0.05, 0) is 18.1 Å². The van der Waals surface area contributed by atoms with Gasteiger partial charge in [-0.25, -0.2) is 0 Å². The van der Waals surface area contributed by atoms with Crippen molar-refractivity contribution >= 4 is 0 Å². The Morgan fingerprint density at radius 2 is 1.41 bits per heavy atom. The van der Waals surface area contributed by atoms with Gasteiger partial charge in [0.05, 0.1) is 0 Å². The van der Waals surface area contributed by atoms with Crippen LogP contribution in [0.15, 0.2) is 97.7 Å². The normalized spacial score (nSPS) is 12.4. The maximum atomic E-state index is 3.94. The second kappa shape index (κ2) is 9.17. The molecule has 0 radical (unpaired) electrons. The number of hydrogen-bond donors (Lipinski definition) is 0. The summed E-state index contributed by atoms with van der Waals surface area (Å²) in [5.74, 6) is 0. The highest BCUT2D eigenvalue weighted by Gasteiger charge is 1.83. The highest BCUT2D eigenvalue weighted by atomic mass is 13.9. The Labute approximate surface area is 105 Å². The lowest BCUT2D eigenvalue weighted by atomic mass is 10.1. The molecule has 0 spiro atoms. The quantitative estimate of drug-likeness (QED) is 0.529. The van der Waals surface area contributed by atoms with Gasteiger partial charge in [0.2, 0.25) is 0 Å². The molecular weight excluding hydrogens is 204 g/mol. The third-order valence-corrected chi connectivity index (χ3v) is 1.90. The second-order valence-electron chi connectivity index (χ2n) is 3.56. The molecule has 0 heteroatoms. The van der Waals surface area contributed by atoms with Crippen molar-refractivity contribution in [1.82, 2.24) is 0 Å². The van der Waals surface area contributed by atoms with E-state index in [1.54, 1.807) is 12.2 Å². The Balaban J connectivity index is 4.36. The average molecular weight is 224 g/mol. The van der Waals surface area contributed by atoms with Crippen LogP contribution >= 0.6 is 0 Å². The van der Waals surface area contributed by atoms with Crippen LogP contribution in [-0.4, -0.2) is 0 Å². The highest BCUT2D eigenvalue weighted by molar-refractivity contribution is 5.36. The maximum Gasteiger partial charge on any atom is -0.0326 e. The molecule has 17 heavy (non-hydrogen) atoms. The Morgan fingerprint density at radius 3 is 1.94 bits per heavy atom. The lowest BCUT2D eigenvalue weighted by molar-refractivity contribution is 1.50. The molecule has 0 aliphatic heterocycles. The van der Waals surface area contributed by atoms with Crippen LogP contribution in [-0.2, 0) is 0 Å². The molecule has 0 heterocycles. The van der Waals surface area contributed by atoms with Crippen molar-refractivity contribution in [3.8, 4) is 0 Å². The fraction of sp³-hybridized carbons (Fsp3) is 0.0588. The van der Waals surface area contributed by atoms with Crippen molar-refractivity contribution in [2.24, 2.45) is 0 Å². The molecule has 0 unspecified atom stereocenters. The first-order chi connectivity index (χ1) is 8.10. The first-order valence-corrected chi connectivity index (χ1v) is 5.42. The van der Waals surface area contributed by atoms with Crippen molar-refractivity contribution < 1.29 is 0 Å². The number of allylic oxidation sites excluding steroid dienone is 12. The van der Waals surface area contributed by atoms with Gasteiger partial charge in [-0.3, -0.25) is 0 Å². The van der Waals surface area contributed by atoms with Crippen LogP contribution in [0.1, 0.15) is 6.92 Å². The Bertz CT molecular complexity index is 409. The number of rotatable bonds is 7. The molecule has 0 bridgehead atoms. The molecule has 0 aromatic rings. The molecule has 0 aromatic heterocycles. The topological polar surface area (TPSA) is 0 Å². The largest absolute Gasteiger partial charge is 0.0991 e. The molecule has 88 valence electrons. The van der Waals surface area contributed by atoms with Gasteiger partial charge in [0.1, 0.15) is 0 Å². The minimum atomic E-state index is 0.890. The second-order valence-corrected chi connectivity index (χ2v) is 3.56. The van der Waals surface area contributed by atoms with Gasteiger partial charge in [0.25, 0.3) is 0 Å². The van der Waals surface area contributed by atoms with Gasteiger partial charge >= 0.3 is 0 Å². The third-order valence-electron chi connectivity index (χ3n) is 1.90. The van der Waals surface area contributed by atoms with Gasteiger partial charge in [-0.1, -0.05) is 86.6 Å². The van der Waals surface area contributed by atoms with Crippen LogP contribution < -0.4 is 0 Å². The van der Waals surface area contributed by atoms with E-state index in [4.69, 9.17) is 0 Å². The van der Waals surface area contributed by atoms with Crippen molar-refractivity contribution in [2.75, 3.05) is 0 Å². The molecule has 0 rings (SSSR count). The monoisotopic (exact) mass is 224 g/mol. The SMILES string of the molecule is C=C/C=C\C(C)=C\C(=C)/C=C\C=C/C(=C)C=C. The lowest BCUT2D eigenvalue weighted by Gasteiger charge is -1.92. The molecule has 0 atom stereocenters. The summed E-state index contributed by atoms with van der Waals surface area (Å²) in [5, 5.41) is 0. The summed E-state index contributed by atoms with van der Waals surface area (Å²) >= 11 is 0. The molecule has 0 amide bonds. The van der Waals surface area contributed by atoms with Crippen molar-refractivity contribution in [3.63, 3.8) is 0 Å². The molecule has 0 nitrogen and oxygen atoms in total. The molecular formula is C17H20. The Hall–Kier alpha value is -2.08. The van der Waals surface area contributed by atoms with Gasteiger partial charge in [0, 0.05) is 0 Å². The highest BCUT2D eigenvalue weighted by Crippen LogP contribution is 2.04. The zero-order valence-corrected chi connectivity index (χ0v) is 10.5. The first kappa shape index (κ1) is 14.9. The van der Waals surface area contributed by atoms with E-state index in [0.717, 1.165) is 16.7 Å². The van der Waals surface area contributed by atoms with Gasteiger partial charge in [0.15, 0.2) is 0 Å². The summed E-state index contributed by atoms with van der Waals surface area (Å²) in [6, 6.07) is 0. The standard InChI is InChI=1S/C17H20/c1-6-8-11-16(4)14-17(5)13-10-9-12-15(3)7-2/h6-14H,1-3,5H2,4H3/b11-8-,12-9-,13-10-,16-14+. The summed E-state index contributed by atoms with van der Waals surface area (Å²) in [7, 11) is 0. The van der Waals surface area contributed by atoms with Crippen molar-refractivity contribution in [2.45, 2.75) is 6.92 Å². The molecule has 0 saturated heterocycles. The summed E-state index contributed by atoms with van der Waals surface area (Å²) in [4.78, 5) is 0. The minimum absolute atomic E-state index is 0.890. The van der Waals surface area contributed by atoms with Gasteiger partial charge in [-0.15, -0.1) is 0 Å². The Morgan fingerprint density at radius 1 is 0.824 bits per heavy atom. The van der Waals surface area contributed by atoms with E-state index < -0.39 is 0 Å². The molecule has 0 aliphatic carbocycles. The minimum Gasteiger partial charge on any atom is -0.0991 e. The fourth-order valence-corrected chi connectivity index (χ4v) is 1.03. The summed E-state index contributed by atoms with van der Waals surface area (Å²) in [5.41, 5.74) is 2.98. The van der Waals surface area contributed by atoms with E-state index in [1.165, 1.54) is 0 Å². The van der Waals surface area contributed by atoms with Crippen LogP contribution in [0.3, 0.4) is 0 Å². The fourth-order valence-electron chi connectivity index (χ4n) is 1.03. The van der Waals surface area contributed by atoms with E-state index in [1.807, 2.05) is 49.5 Å². The van der Waals surface area contributed by atoms with Gasteiger partial charge in [-0.2, -0.15) is 0 Å². The molecule has 0 saturated carbocycles. The van der Waals surface area contributed by atoms with Crippen LogP contribution in [0, 0.1) is 0 Å². The van der Waals surface area contributed by atoms with Crippen LogP contribution in [0.25, 0.3) is 0 Å². The third kappa shape index (κ3) is 8.88. The maximum absolute atomic E-state index is 3.94. The van der Waals surface area contributed by atoms with E-state index in [2.05, 4.69) is 26.3 Å². The molecule has 0 aliphatic rings. The Kier molecular flexibility index (Phi) is 8.05. The van der Waals surface area contributed by atoms with E-state index >= 15 is 0 Å². The summed E-state index contributed by atoms with van der Waals surface area (Å²) in [6.07, 6.45) is 17.0. The summed E-state index contributed by atoms with van der Waals surface area (Å²) < 4.78 is 0. The molecule has 0 aromatic carbocycles. The zero-order chi connectivity index (χ0) is 13.1. The van der Waals surface area contributed by atoms with Crippen molar-refractivity contribution in [3.05, 3.63) is 97.7 Å². The van der Waals surface area contributed by atoms with Crippen molar-refractivity contribution in [1.29, 1.82) is 0 Å². The molecule has 0 N–H and O–H groups in total. The first-order valence-electron chi connectivity index (χ1n) is 5.42. The summed E-state index contributed by atoms with van der Waals surface area (Å²) in [6.45, 7) is 17.0. The van der Waals surface area contributed by atoms with Crippen LogP contribution in [0.4, 0.5) is 0 Å². The van der Waals surface area contributed by atoms with E-state index in [-0.39, 0.29) is 0 Å². The van der Waals surface area contributed by atoms with Gasteiger partial charge < -0.3 is 0 Å². The average Bonchev–Trinajstić information content (AvgIpc) is 2.31. The van der Waals surface area contributed by atoms with E-state index in [0.29, 0.717) is 0 Å².